The second kappa shape index (κ2) is 9.25. The molecule has 2 N–H and O–H groups in total. The van der Waals surface area contributed by atoms with Gasteiger partial charge in [-0.2, -0.15) is 0 Å². The SMILES string of the molecule is CNC(=O)C(NC(=O)CCc1nnc(-c2ccc(C)cc2)o1)c1ccc(F)c(F)c1. The lowest BCUT2D eigenvalue weighted by molar-refractivity contribution is -0.128. The van der Waals surface area contributed by atoms with E-state index in [0.717, 1.165) is 23.3 Å². The van der Waals surface area contributed by atoms with E-state index in [2.05, 4.69) is 20.8 Å². The van der Waals surface area contributed by atoms with Crippen LogP contribution in [0, 0.1) is 18.6 Å². The number of aromatic nitrogens is 2. The van der Waals surface area contributed by atoms with Gasteiger partial charge in [0.1, 0.15) is 6.04 Å². The van der Waals surface area contributed by atoms with Crippen molar-refractivity contribution in [2.24, 2.45) is 0 Å². The summed E-state index contributed by atoms with van der Waals surface area (Å²) in [4.78, 5) is 24.5. The molecule has 0 aliphatic carbocycles. The summed E-state index contributed by atoms with van der Waals surface area (Å²) in [5.41, 5.74) is 1.99. The summed E-state index contributed by atoms with van der Waals surface area (Å²) in [5.74, 6) is -2.58. The van der Waals surface area contributed by atoms with Crippen molar-refractivity contribution in [3.8, 4) is 11.5 Å². The summed E-state index contributed by atoms with van der Waals surface area (Å²) in [7, 11) is 1.38. The van der Waals surface area contributed by atoms with Crippen molar-refractivity contribution >= 4 is 11.8 Å². The maximum absolute atomic E-state index is 13.5. The van der Waals surface area contributed by atoms with E-state index >= 15 is 0 Å². The molecule has 0 bridgehead atoms. The maximum Gasteiger partial charge on any atom is 0.247 e. The van der Waals surface area contributed by atoms with E-state index in [1.165, 1.54) is 13.1 Å². The van der Waals surface area contributed by atoms with Crippen molar-refractivity contribution in [2.45, 2.75) is 25.8 Å². The van der Waals surface area contributed by atoms with Gasteiger partial charge in [-0.05, 0) is 36.8 Å². The third kappa shape index (κ3) is 5.05. The van der Waals surface area contributed by atoms with Gasteiger partial charge in [-0.25, -0.2) is 8.78 Å². The molecule has 0 fully saturated rings. The summed E-state index contributed by atoms with van der Waals surface area (Å²) in [6.45, 7) is 1.97. The topological polar surface area (TPSA) is 97.1 Å². The molecule has 7 nitrogen and oxygen atoms in total. The lowest BCUT2D eigenvalue weighted by Gasteiger charge is -2.17. The molecule has 0 spiro atoms. The van der Waals surface area contributed by atoms with Crippen LogP contribution in [0.1, 0.15) is 29.5 Å². The number of amides is 2. The van der Waals surface area contributed by atoms with E-state index in [9.17, 15) is 18.4 Å². The molecule has 0 aliphatic heterocycles. The minimum atomic E-state index is -1.16. The Labute approximate surface area is 171 Å². The Balaban J connectivity index is 1.64. The molecule has 1 heterocycles. The minimum Gasteiger partial charge on any atom is -0.421 e. The Bertz CT molecular complexity index is 1050. The average molecular weight is 414 g/mol. The summed E-state index contributed by atoms with van der Waals surface area (Å²) in [6, 6.07) is 9.41. The third-order valence-corrected chi connectivity index (χ3v) is 4.42. The van der Waals surface area contributed by atoms with Gasteiger partial charge in [0.2, 0.25) is 23.6 Å². The highest BCUT2D eigenvalue weighted by molar-refractivity contribution is 5.88. The second-order valence-electron chi connectivity index (χ2n) is 6.66. The molecule has 30 heavy (non-hydrogen) atoms. The van der Waals surface area contributed by atoms with E-state index in [-0.39, 0.29) is 24.3 Å². The number of halogens is 2. The lowest BCUT2D eigenvalue weighted by atomic mass is 10.1. The van der Waals surface area contributed by atoms with Crippen molar-refractivity contribution in [1.82, 2.24) is 20.8 Å². The van der Waals surface area contributed by atoms with Gasteiger partial charge < -0.3 is 15.1 Å². The fourth-order valence-corrected chi connectivity index (χ4v) is 2.76. The number of hydrogen-bond donors (Lipinski definition) is 2. The largest absolute Gasteiger partial charge is 0.421 e. The summed E-state index contributed by atoms with van der Waals surface area (Å²) < 4.78 is 32.3. The van der Waals surface area contributed by atoms with Gasteiger partial charge >= 0.3 is 0 Å². The van der Waals surface area contributed by atoms with Crippen LogP contribution in [-0.2, 0) is 16.0 Å². The molecule has 2 aromatic carbocycles. The first-order chi connectivity index (χ1) is 14.4. The molecule has 3 rings (SSSR count). The number of aryl methyl sites for hydroxylation is 2. The van der Waals surface area contributed by atoms with Gasteiger partial charge in [0.25, 0.3) is 0 Å². The fourth-order valence-electron chi connectivity index (χ4n) is 2.76. The van der Waals surface area contributed by atoms with Crippen LogP contribution < -0.4 is 10.6 Å². The van der Waals surface area contributed by atoms with Crippen LogP contribution in [0.25, 0.3) is 11.5 Å². The van der Waals surface area contributed by atoms with Crippen LogP contribution in [0.2, 0.25) is 0 Å². The first-order valence-electron chi connectivity index (χ1n) is 9.22. The zero-order valence-corrected chi connectivity index (χ0v) is 16.4. The van der Waals surface area contributed by atoms with Gasteiger partial charge in [-0.3, -0.25) is 9.59 Å². The van der Waals surface area contributed by atoms with E-state index < -0.39 is 29.5 Å². The zero-order valence-electron chi connectivity index (χ0n) is 16.4. The molecular weight excluding hydrogens is 394 g/mol. The zero-order chi connectivity index (χ0) is 21.7. The smallest absolute Gasteiger partial charge is 0.247 e. The van der Waals surface area contributed by atoms with Crippen molar-refractivity contribution in [3.05, 3.63) is 71.1 Å². The predicted molar refractivity (Wildman–Crippen MR) is 104 cm³/mol. The summed E-state index contributed by atoms with van der Waals surface area (Å²) >= 11 is 0. The van der Waals surface area contributed by atoms with Crippen LogP contribution in [-0.4, -0.2) is 29.1 Å². The molecule has 1 unspecified atom stereocenters. The van der Waals surface area contributed by atoms with Crippen molar-refractivity contribution in [3.63, 3.8) is 0 Å². The first kappa shape index (κ1) is 21.1. The fraction of sp³-hybridized carbons (Fsp3) is 0.238. The second-order valence-corrected chi connectivity index (χ2v) is 6.66. The molecule has 1 aromatic heterocycles. The molecule has 0 saturated heterocycles. The van der Waals surface area contributed by atoms with Crippen molar-refractivity contribution in [1.29, 1.82) is 0 Å². The normalized spacial score (nSPS) is 11.7. The van der Waals surface area contributed by atoms with Crippen molar-refractivity contribution < 1.29 is 22.8 Å². The number of nitrogens with one attached hydrogen (secondary N) is 2. The number of carbonyl (C=O) groups excluding carboxylic acids is 2. The van der Waals surface area contributed by atoms with Gasteiger partial charge in [0.05, 0.1) is 0 Å². The molecule has 1 atom stereocenters. The summed E-state index contributed by atoms with van der Waals surface area (Å²) in [5, 5.41) is 12.8. The molecule has 0 radical (unpaired) electrons. The van der Waals surface area contributed by atoms with Crippen LogP contribution in [0.4, 0.5) is 8.78 Å². The minimum absolute atomic E-state index is 0.0350. The lowest BCUT2D eigenvalue weighted by Crippen LogP contribution is -2.39. The van der Waals surface area contributed by atoms with Crippen LogP contribution in [0.5, 0.6) is 0 Å². The average Bonchev–Trinajstić information content (AvgIpc) is 3.21. The molecule has 3 aromatic rings. The standard InChI is InChI=1S/C21H20F2N4O3/c1-12-3-5-13(6-4-12)21-27-26-18(30-21)10-9-17(28)25-19(20(29)24-2)14-7-8-15(22)16(23)11-14/h3-8,11,19H,9-10H2,1-2H3,(H,24,29)(H,25,28). The van der Waals surface area contributed by atoms with Gasteiger partial charge in [-0.15, -0.1) is 10.2 Å². The maximum atomic E-state index is 13.5. The number of rotatable bonds is 7. The highest BCUT2D eigenvalue weighted by Gasteiger charge is 2.23. The number of hydrogen-bond acceptors (Lipinski definition) is 5. The molecule has 156 valence electrons. The Hall–Kier alpha value is -3.62. The number of carbonyl (C=O) groups is 2. The van der Waals surface area contributed by atoms with Crippen LogP contribution in [0.3, 0.4) is 0 Å². The molecular formula is C21H20F2N4O3. The number of likely N-dealkylation sites (N-methyl/N-ethyl adjacent to an activating group) is 1. The summed E-state index contributed by atoms with van der Waals surface area (Å²) in [6.07, 6.45) is 0.121. The third-order valence-electron chi connectivity index (χ3n) is 4.42. The molecule has 9 heteroatoms. The molecule has 2 amide bonds. The van der Waals surface area contributed by atoms with Gasteiger partial charge in [0.15, 0.2) is 11.6 Å². The number of nitrogens with zero attached hydrogens (tertiary/aromatic N) is 2. The quantitative estimate of drug-likeness (QED) is 0.620. The monoisotopic (exact) mass is 414 g/mol. The van der Waals surface area contributed by atoms with Crippen LogP contribution >= 0.6 is 0 Å². The van der Waals surface area contributed by atoms with E-state index in [1.54, 1.807) is 0 Å². The molecule has 0 aliphatic rings. The highest BCUT2D eigenvalue weighted by atomic mass is 19.2. The molecule has 0 saturated carbocycles. The number of benzene rings is 2. The Morgan fingerprint density at radius 1 is 1.07 bits per heavy atom. The van der Waals surface area contributed by atoms with E-state index in [1.807, 2.05) is 31.2 Å². The first-order valence-corrected chi connectivity index (χ1v) is 9.22. The Kier molecular flexibility index (Phi) is 6.51. The van der Waals surface area contributed by atoms with Gasteiger partial charge in [0, 0.05) is 25.5 Å². The van der Waals surface area contributed by atoms with Crippen molar-refractivity contribution in [2.75, 3.05) is 7.05 Å². The van der Waals surface area contributed by atoms with E-state index in [4.69, 9.17) is 4.42 Å². The van der Waals surface area contributed by atoms with Crippen LogP contribution in [0.15, 0.2) is 46.9 Å². The van der Waals surface area contributed by atoms with Gasteiger partial charge in [-0.1, -0.05) is 23.8 Å². The Morgan fingerprint density at radius 2 is 1.80 bits per heavy atom. The predicted octanol–water partition coefficient (Wildman–Crippen LogP) is 2.86. The van der Waals surface area contributed by atoms with E-state index in [0.29, 0.717) is 5.89 Å². The highest BCUT2D eigenvalue weighted by Crippen LogP contribution is 2.20. The Morgan fingerprint density at radius 3 is 2.47 bits per heavy atom.